The first-order valence-electron chi connectivity index (χ1n) is 7.71. The van der Waals surface area contributed by atoms with Crippen molar-refractivity contribution in [2.24, 2.45) is 11.8 Å². The average Bonchev–Trinajstić information content (AvgIpc) is 3.15. The molecule has 5 heteroatoms. The summed E-state index contributed by atoms with van der Waals surface area (Å²) < 4.78 is 27.1. The monoisotopic (exact) mass is 288 g/mol. The van der Waals surface area contributed by atoms with Gasteiger partial charge in [0, 0.05) is 12.1 Å². The third-order valence-electron chi connectivity index (χ3n) is 4.64. The van der Waals surface area contributed by atoms with Gasteiger partial charge >= 0.3 is 0 Å². The van der Waals surface area contributed by atoms with Crippen LogP contribution in [-0.4, -0.2) is 32.8 Å². The van der Waals surface area contributed by atoms with Crippen molar-refractivity contribution in [2.75, 3.05) is 12.3 Å². The molecular weight excluding hydrogens is 260 g/mol. The average molecular weight is 288 g/mol. The van der Waals surface area contributed by atoms with Crippen LogP contribution in [0.4, 0.5) is 0 Å². The summed E-state index contributed by atoms with van der Waals surface area (Å²) in [5.41, 5.74) is 0. The van der Waals surface area contributed by atoms with Crippen LogP contribution in [0.2, 0.25) is 0 Å². The molecule has 0 spiro atoms. The van der Waals surface area contributed by atoms with Crippen LogP contribution in [0.5, 0.6) is 0 Å². The molecule has 2 N–H and O–H groups in total. The molecule has 112 valence electrons. The second kappa shape index (κ2) is 6.55. The van der Waals surface area contributed by atoms with Crippen LogP contribution >= 0.6 is 0 Å². The summed E-state index contributed by atoms with van der Waals surface area (Å²) in [7, 11) is -3.11. The molecule has 0 radical (unpaired) electrons. The Morgan fingerprint density at radius 1 is 1.11 bits per heavy atom. The van der Waals surface area contributed by atoms with Crippen LogP contribution in [0.15, 0.2) is 0 Å². The van der Waals surface area contributed by atoms with Gasteiger partial charge in [-0.2, -0.15) is 0 Å². The van der Waals surface area contributed by atoms with Crippen LogP contribution in [0.1, 0.15) is 52.4 Å². The quantitative estimate of drug-likeness (QED) is 0.703. The van der Waals surface area contributed by atoms with E-state index in [1.165, 1.54) is 19.3 Å². The van der Waals surface area contributed by atoms with E-state index in [0.29, 0.717) is 24.3 Å². The molecule has 2 aliphatic rings. The molecule has 19 heavy (non-hydrogen) atoms. The van der Waals surface area contributed by atoms with Crippen molar-refractivity contribution >= 4 is 10.0 Å². The lowest BCUT2D eigenvalue weighted by Gasteiger charge is -2.34. The van der Waals surface area contributed by atoms with Crippen LogP contribution < -0.4 is 10.0 Å². The Labute approximate surface area is 117 Å². The Morgan fingerprint density at radius 2 is 1.84 bits per heavy atom. The largest absolute Gasteiger partial charge is 0.314 e. The van der Waals surface area contributed by atoms with Gasteiger partial charge in [0.05, 0.1) is 5.75 Å². The first kappa shape index (κ1) is 15.3. The number of nitrogens with one attached hydrogen (secondary N) is 2. The second-order valence-electron chi connectivity index (χ2n) is 6.39. The first-order valence-corrected chi connectivity index (χ1v) is 9.36. The van der Waals surface area contributed by atoms with Crippen molar-refractivity contribution in [3.63, 3.8) is 0 Å². The van der Waals surface area contributed by atoms with Gasteiger partial charge in [-0.05, 0) is 44.1 Å². The molecule has 0 saturated heterocycles. The van der Waals surface area contributed by atoms with E-state index < -0.39 is 10.0 Å². The van der Waals surface area contributed by atoms with Crippen LogP contribution in [0.3, 0.4) is 0 Å². The molecule has 3 atom stereocenters. The van der Waals surface area contributed by atoms with E-state index in [1.807, 2.05) is 0 Å². The number of sulfonamides is 1. The van der Waals surface area contributed by atoms with E-state index >= 15 is 0 Å². The molecule has 3 unspecified atom stereocenters. The van der Waals surface area contributed by atoms with E-state index in [2.05, 4.69) is 23.9 Å². The molecule has 2 rings (SSSR count). The van der Waals surface area contributed by atoms with Gasteiger partial charge in [-0.25, -0.2) is 13.1 Å². The summed E-state index contributed by atoms with van der Waals surface area (Å²) in [6.45, 7) is 5.22. The molecule has 0 aromatic carbocycles. The lowest BCUT2D eigenvalue weighted by molar-refractivity contribution is 0.227. The summed E-state index contributed by atoms with van der Waals surface area (Å²) in [5.74, 6) is 1.33. The minimum atomic E-state index is -3.11. The molecule has 0 aliphatic heterocycles. The molecule has 2 fully saturated rings. The second-order valence-corrected chi connectivity index (χ2v) is 8.27. The topological polar surface area (TPSA) is 58.2 Å². The normalized spacial score (nSPS) is 32.4. The van der Waals surface area contributed by atoms with Crippen molar-refractivity contribution in [1.29, 1.82) is 0 Å². The maximum Gasteiger partial charge on any atom is 0.211 e. The number of hydrogen-bond donors (Lipinski definition) is 2. The molecule has 0 bridgehead atoms. The smallest absolute Gasteiger partial charge is 0.211 e. The van der Waals surface area contributed by atoms with Gasteiger partial charge in [-0.3, -0.25) is 0 Å². The van der Waals surface area contributed by atoms with Crippen molar-refractivity contribution in [3.05, 3.63) is 0 Å². The number of rotatable bonds is 7. The lowest BCUT2D eigenvalue weighted by Crippen LogP contribution is -2.44. The molecular formula is C14H28N2O2S. The molecule has 4 nitrogen and oxygen atoms in total. The van der Waals surface area contributed by atoms with Crippen molar-refractivity contribution in [2.45, 2.75) is 64.5 Å². The van der Waals surface area contributed by atoms with Crippen molar-refractivity contribution in [1.82, 2.24) is 10.0 Å². The summed E-state index contributed by atoms with van der Waals surface area (Å²) in [5, 5.41) is 3.36. The fraction of sp³-hybridized carbons (Fsp3) is 1.00. The predicted octanol–water partition coefficient (Wildman–Crippen LogP) is 1.87. The van der Waals surface area contributed by atoms with Gasteiger partial charge < -0.3 is 5.32 Å². The zero-order chi connectivity index (χ0) is 13.9. The zero-order valence-electron chi connectivity index (χ0n) is 12.2. The van der Waals surface area contributed by atoms with E-state index in [-0.39, 0.29) is 11.8 Å². The van der Waals surface area contributed by atoms with Gasteiger partial charge in [-0.15, -0.1) is 0 Å². The van der Waals surface area contributed by atoms with Gasteiger partial charge in [0.15, 0.2) is 0 Å². The highest BCUT2D eigenvalue weighted by atomic mass is 32.2. The highest BCUT2D eigenvalue weighted by Gasteiger charge is 2.30. The van der Waals surface area contributed by atoms with E-state index in [4.69, 9.17) is 0 Å². The van der Waals surface area contributed by atoms with Gasteiger partial charge in [0.1, 0.15) is 0 Å². The molecule has 0 aromatic rings. The van der Waals surface area contributed by atoms with Crippen LogP contribution in [0, 0.1) is 11.8 Å². The maximum atomic E-state index is 12.1. The van der Waals surface area contributed by atoms with E-state index in [0.717, 1.165) is 19.4 Å². The maximum absolute atomic E-state index is 12.1. The summed E-state index contributed by atoms with van der Waals surface area (Å²) in [4.78, 5) is 0. The highest BCUT2D eigenvalue weighted by molar-refractivity contribution is 7.89. The Hall–Kier alpha value is -0.130. The van der Waals surface area contributed by atoms with Gasteiger partial charge in [0.25, 0.3) is 0 Å². The van der Waals surface area contributed by atoms with Crippen molar-refractivity contribution in [3.8, 4) is 0 Å². The SMILES string of the molecule is CC1CCCC(NS(=O)(=O)CCCNC2CC2)C1C. The standard InChI is InChI=1S/C14H28N2O2S/c1-11-5-3-6-14(12(11)2)16-19(17,18)10-4-9-15-13-7-8-13/h11-16H,3-10H2,1-2H3. The van der Waals surface area contributed by atoms with Crippen molar-refractivity contribution < 1.29 is 8.42 Å². The molecule has 0 heterocycles. The fourth-order valence-electron chi connectivity index (χ4n) is 2.89. The molecule has 2 saturated carbocycles. The Bertz CT molecular complexity index is 379. The zero-order valence-corrected chi connectivity index (χ0v) is 13.0. The summed E-state index contributed by atoms with van der Waals surface area (Å²) >= 11 is 0. The first-order chi connectivity index (χ1) is 8.98. The summed E-state index contributed by atoms with van der Waals surface area (Å²) in [6.07, 6.45) is 6.57. The van der Waals surface area contributed by atoms with E-state index in [9.17, 15) is 8.42 Å². The Morgan fingerprint density at radius 3 is 2.53 bits per heavy atom. The lowest BCUT2D eigenvalue weighted by atomic mass is 9.78. The van der Waals surface area contributed by atoms with Gasteiger partial charge in [0.2, 0.25) is 10.0 Å². The Balaban J connectivity index is 1.72. The highest BCUT2D eigenvalue weighted by Crippen LogP contribution is 2.29. The third kappa shape index (κ3) is 5.04. The molecule has 0 aromatic heterocycles. The van der Waals surface area contributed by atoms with Crippen LogP contribution in [0.25, 0.3) is 0 Å². The predicted molar refractivity (Wildman–Crippen MR) is 78.5 cm³/mol. The third-order valence-corrected chi connectivity index (χ3v) is 6.13. The summed E-state index contributed by atoms with van der Waals surface area (Å²) in [6, 6.07) is 0.806. The van der Waals surface area contributed by atoms with Crippen LogP contribution in [-0.2, 0) is 10.0 Å². The fourth-order valence-corrected chi connectivity index (χ4v) is 4.33. The molecule has 0 amide bonds. The molecule has 2 aliphatic carbocycles. The minimum absolute atomic E-state index is 0.144. The minimum Gasteiger partial charge on any atom is -0.314 e. The Kier molecular flexibility index (Phi) is 5.26. The van der Waals surface area contributed by atoms with Gasteiger partial charge in [-0.1, -0.05) is 26.7 Å². The number of hydrogen-bond acceptors (Lipinski definition) is 3. The van der Waals surface area contributed by atoms with E-state index in [1.54, 1.807) is 0 Å².